The zero-order valence-electron chi connectivity index (χ0n) is 15.7. The number of fused-ring (bicyclic) bond motifs is 1. The summed E-state index contributed by atoms with van der Waals surface area (Å²) in [5.41, 5.74) is 6.96. The molecule has 1 heterocycles. The highest BCUT2D eigenvalue weighted by molar-refractivity contribution is 6.00. The lowest BCUT2D eigenvalue weighted by atomic mass is 9.90. The molecule has 136 valence electrons. The second-order valence-electron chi connectivity index (χ2n) is 6.81. The van der Waals surface area contributed by atoms with Gasteiger partial charge in [0.1, 0.15) is 23.5 Å². The Bertz CT molecular complexity index is 980. The first-order chi connectivity index (χ1) is 13.2. The molecule has 0 fully saturated rings. The number of nitrogens with zero attached hydrogens (tertiary/aromatic N) is 1. The van der Waals surface area contributed by atoms with E-state index >= 15 is 0 Å². The number of hydrogen-bond acceptors (Lipinski definition) is 4. The van der Waals surface area contributed by atoms with E-state index < -0.39 is 0 Å². The zero-order chi connectivity index (χ0) is 19.0. The van der Waals surface area contributed by atoms with E-state index in [2.05, 4.69) is 37.3 Å². The van der Waals surface area contributed by atoms with Gasteiger partial charge in [-0.25, -0.2) is 0 Å². The van der Waals surface area contributed by atoms with Crippen molar-refractivity contribution in [1.29, 1.82) is 5.26 Å². The first kappa shape index (κ1) is 17.2. The van der Waals surface area contributed by atoms with Crippen LogP contribution in [0.15, 0.2) is 48.7 Å². The van der Waals surface area contributed by atoms with Crippen molar-refractivity contribution in [1.82, 2.24) is 0 Å². The average Bonchev–Trinajstić information content (AvgIpc) is 3.31. The van der Waals surface area contributed by atoms with Gasteiger partial charge in [-0.1, -0.05) is 12.1 Å². The second kappa shape index (κ2) is 6.85. The van der Waals surface area contributed by atoms with Crippen molar-refractivity contribution in [2.24, 2.45) is 5.92 Å². The molecule has 2 unspecified atom stereocenters. The molecule has 27 heavy (non-hydrogen) atoms. The summed E-state index contributed by atoms with van der Waals surface area (Å²) < 4.78 is 16.7. The molecule has 0 saturated carbocycles. The molecule has 1 aliphatic carbocycles. The maximum atomic E-state index is 9.58. The van der Waals surface area contributed by atoms with Gasteiger partial charge in [0.15, 0.2) is 0 Å². The van der Waals surface area contributed by atoms with Gasteiger partial charge in [-0.3, -0.25) is 0 Å². The largest absolute Gasteiger partial charge is 0.497 e. The second-order valence-corrected chi connectivity index (χ2v) is 6.81. The van der Waals surface area contributed by atoms with Crippen molar-refractivity contribution >= 4 is 11.1 Å². The van der Waals surface area contributed by atoms with Crippen LogP contribution in [0.2, 0.25) is 0 Å². The summed E-state index contributed by atoms with van der Waals surface area (Å²) in [6, 6.07) is 14.5. The van der Waals surface area contributed by atoms with E-state index in [1.807, 2.05) is 18.2 Å². The van der Waals surface area contributed by atoms with Crippen molar-refractivity contribution in [3.8, 4) is 17.6 Å². The van der Waals surface area contributed by atoms with Gasteiger partial charge in [-0.15, -0.1) is 0 Å². The monoisotopic (exact) mass is 359 g/mol. The van der Waals surface area contributed by atoms with E-state index in [4.69, 9.17) is 14.2 Å². The summed E-state index contributed by atoms with van der Waals surface area (Å²) in [7, 11) is 3.34. The van der Waals surface area contributed by atoms with Crippen LogP contribution in [0.25, 0.3) is 11.1 Å². The van der Waals surface area contributed by atoms with Crippen molar-refractivity contribution < 1.29 is 14.2 Å². The summed E-state index contributed by atoms with van der Waals surface area (Å²) in [6.45, 7) is 2.10. The topological polar surface area (TPSA) is 51.5 Å². The molecule has 0 radical (unpaired) electrons. The molecule has 0 spiro atoms. The SMILES string of the molecule is COc1ccc(C2=C(C3OC=CC3C#N)c3cc(OC)cc(C)c3C2)cc1. The average molecular weight is 359 g/mol. The number of benzene rings is 2. The van der Waals surface area contributed by atoms with Gasteiger partial charge >= 0.3 is 0 Å². The van der Waals surface area contributed by atoms with Crippen molar-refractivity contribution in [3.63, 3.8) is 0 Å². The van der Waals surface area contributed by atoms with Gasteiger partial charge in [0.05, 0.1) is 26.6 Å². The summed E-state index contributed by atoms with van der Waals surface area (Å²) in [5.74, 6) is 1.34. The van der Waals surface area contributed by atoms with Gasteiger partial charge in [-0.05, 0) is 71.5 Å². The number of allylic oxidation sites excluding steroid dienone is 1. The highest BCUT2D eigenvalue weighted by Gasteiger charge is 2.36. The van der Waals surface area contributed by atoms with Crippen LogP contribution in [-0.4, -0.2) is 20.3 Å². The highest BCUT2D eigenvalue weighted by atomic mass is 16.5. The van der Waals surface area contributed by atoms with Gasteiger partial charge in [0, 0.05) is 5.57 Å². The Balaban J connectivity index is 1.89. The van der Waals surface area contributed by atoms with Crippen LogP contribution in [0.3, 0.4) is 0 Å². The molecule has 2 atom stereocenters. The van der Waals surface area contributed by atoms with E-state index in [0.717, 1.165) is 34.6 Å². The molecule has 4 heteroatoms. The van der Waals surface area contributed by atoms with E-state index in [-0.39, 0.29) is 12.0 Å². The molecule has 0 aromatic heterocycles. The predicted octanol–water partition coefficient (Wildman–Crippen LogP) is 4.53. The maximum Gasteiger partial charge on any atom is 0.143 e. The van der Waals surface area contributed by atoms with E-state index in [9.17, 15) is 5.26 Å². The standard InChI is InChI=1S/C23H21NO3/c1-14-10-18(26-3)11-21-19(14)12-20(15-4-6-17(25-2)7-5-15)22(21)23-16(13-24)8-9-27-23/h4-11,16,23H,12H2,1-3H3. The quantitative estimate of drug-likeness (QED) is 0.805. The number of methoxy groups -OCH3 is 2. The van der Waals surface area contributed by atoms with Gasteiger partial charge in [0.25, 0.3) is 0 Å². The van der Waals surface area contributed by atoms with Crippen LogP contribution in [0.5, 0.6) is 11.5 Å². The van der Waals surface area contributed by atoms with E-state index in [1.54, 1.807) is 20.5 Å². The predicted molar refractivity (Wildman–Crippen MR) is 104 cm³/mol. The number of aryl methyl sites for hydroxylation is 1. The van der Waals surface area contributed by atoms with Crippen LogP contribution in [-0.2, 0) is 11.2 Å². The number of hydrogen-bond donors (Lipinski definition) is 0. The van der Waals surface area contributed by atoms with Gasteiger partial charge in [-0.2, -0.15) is 5.26 Å². The molecule has 1 aliphatic heterocycles. The minimum Gasteiger partial charge on any atom is -0.497 e. The summed E-state index contributed by atoms with van der Waals surface area (Å²) >= 11 is 0. The van der Waals surface area contributed by atoms with Crippen molar-refractivity contribution in [3.05, 3.63) is 71.0 Å². The van der Waals surface area contributed by atoms with Gasteiger partial charge < -0.3 is 14.2 Å². The van der Waals surface area contributed by atoms with Crippen LogP contribution >= 0.6 is 0 Å². The summed E-state index contributed by atoms with van der Waals surface area (Å²) in [5, 5.41) is 9.58. The lowest BCUT2D eigenvalue weighted by Gasteiger charge is -2.19. The lowest BCUT2D eigenvalue weighted by Crippen LogP contribution is -2.17. The van der Waals surface area contributed by atoms with Crippen molar-refractivity contribution in [2.75, 3.05) is 14.2 Å². The Labute approximate surface area is 159 Å². The van der Waals surface area contributed by atoms with Crippen molar-refractivity contribution in [2.45, 2.75) is 19.4 Å². The molecule has 2 aromatic carbocycles. The first-order valence-electron chi connectivity index (χ1n) is 8.93. The molecule has 2 aliphatic rings. The number of rotatable bonds is 4. The molecule has 4 rings (SSSR count). The van der Waals surface area contributed by atoms with Crippen LogP contribution in [0.1, 0.15) is 22.3 Å². The summed E-state index contributed by atoms with van der Waals surface area (Å²) in [4.78, 5) is 0. The van der Waals surface area contributed by atoms with Crippen LogP contribution in [0, 0.1) is 24.2 Å². The fourth-order valence-corrected chi connectivity index (χ4v) is 3.94. The normalized spacial score (nSPS) is 20.2. The maximum absolute atomic E-state index is 9.58. The van der Waals surface area contributed by atoms with Crippen LogP contribution < -0.4 is 9.47 Å². The Kier molecular flexibility index (Phi) is 4.37. The molecule has 2 aromatic rings. The highest BCUT2D eigenvalue weighted by Crippen LogP contribution is 2.46. The van der Waals surface area contributed by atoms with Gasteiger partial charge in [0.2, 0.25) is 0 Å². The van der Waals surface area contributed by atoms with E-state index in [1.165, 1.54) is 16.7 Å². The third kappa shape index (κ3) is 2.86. The Morgan fingerprint density at radius 2 is 1.81 bits per heavy atom. The zero-order valence-corrected chi connectivity index (χ0v) is 15.7. The lowest BCUT2D eigenvalue weighted by molar-refractivity contribution is 0.204. The molecule has 0 amide bonds. The molecule has 0 N–H and O–H groups in total. The Hall–Kier alpha value is -3.19. The Morgan fingerprint density at radius 1 is 1.07 bits per heavy atom. The molecular formula is C23H21NO3. The third-order valence-electron chi connectivity index (χ3n) is 5.36. The smallest absolute Gasteiger partial charge is 0.143 e. The molecular weight excluding hydrogens is 338 g/mol. The minimum absolute atomic E-state index is 0.300. The fraction of sp³-hybridized carbons (Fsp3) is 0.261. The van der Waals surface area contributed by atoms with E-state index in [0.29, 0.717) is 0 Å². The fourth-order valence-electron chi connectivity index (χ4n) is 3.94. The minimum atomic E-state index is -0.306. The number of nitriles is 1. The molecule has 4 nitrogen and oxygen atoms in total. The summed E-state index contributed by atoms with van der Waals surface area (Å²) in [6.07, 6.45) is 3.97. The Morgan fingerprint density at radius 3 is 2.48 bits per heavy atom. The van der Waals surface area contributed by atoms with Crippen LogP contribution in [0.4, 0.5) is 0 Å². The first-order valence-corrected chi connectivity index (χ1v) is 8.93. The third-order valence-corrected chi connectivity index (χ3v) is 5.36. The molecule has 0 bridgehead atoms. The number of ether oxygens (including phenoxy) is 3. The molecule has 0 saturated heterocycles.